The second kappa shape index (κ2) is 3.83. The van der Waals surface area contributed by atoms with Crippen LogP contribution >= 0.6 is 0 Å². The molecule has 1 aliphatic carbocycles. The highest BCUT2D eigenvalue weighted by Gasteiger charge is 2.35. The lowest BCUT2D eigenvalue weighted by molar-refractivity contribution is -0.124. The van der Waals surface area contributed by atoms with E-state index in [2.05, 4.69) is 12.1 Å². The second-order valence-electron chi connectivity index (χ2n) is 6.00. The Morgan fingerprint density at radius 3 is 2.63 bits per heavy atom. The number of ketones is 1. The predicted molar refractivity (Wildman–Crippen MR) is 76.7 cm³/mol. The van der Waals surface area contributed by atoms with E-state index in [1.165, 1.54) is 5.56 Å². The van der Waals surface area contributed by atoms with Gasteiger partial charge in [-0.1, -0.05) is 12.1 Å². The normalized spacial score (nSPS) is 17.5. The van der Waals surface area contributed by atoms with Crippen molar-refractivity contribution in [3.63, 3.8) is 0 Å². The molecule has 0 unspecified atom stereocenters. The van der Waals surface area contributed by atoms with Crippen molar-refractivity contribution in [2.45, 2.75) is 39.0 Å². The summed E-state index contributed by atoms with van der Waals surface area (Å²) in [5.41, 5.74) is 2.80. The zero-order chi connectivity index (χ0) is 13.8. The number of aryl methyl sites for hydroxylation is 2. The second-order valence-corrected chi connectivity index (χ2v) is 6.00. The van der Waals surface area contributed by atoms with Gasteiger partial charge in [0.1, 0.15) is 11.5 Å². The molecule has 2 nitrogen and oxygen atoms in total. The fourth-order valence-electron chi connectivity index (χ4n) is 3.09. The lowest BCUT2D eigenvalue weighted by Gasteiger charge is -2.32. The lowest BCUT2D eigenvalue weighted by Crippen LogP contribution is -2.34. The van der Waals surface area contributed by atoms with E-state index in [1.54, 1.807) is 0 Å². The lowest BCUT2D eigenvalue weighted by atomic mass is 9.70. The predicted octanol–water partition coefficient (Wildman–Crippen LogP) is 3.65. The number of fused-ring (bicyclic) bond motifs is 3. The van der Waals surface area contributed by atoms with Gasteiger partial charge in [0.05, 0.1) is 0 Å². The molecule has 0 bridgehead atoms. The van der Waals surface area contributed by atoms with Gasteiger partial charge in [0.25, 0.3) is 0 Å². The van der Waals surface area contributed by atoms with E-state index in [9.17, 15) is 9.90 Å². The molecule has 98 valence electrons. The molecule has 0 radical (unpaired) electrons. The van der Waals surface area contributed by atoms with Crippen LogP contribution in [-0.4, -0.2) is 10.9 Å². The van der Waals surface area contributed by atoms with Gasteiger partial charge in [0, 0.05) is 11.8 Å². The molecule has 0 aromatic heterocycles. The minimum absolute atomic E-state index is 0.302. The van der Waals surface area contributed by atoms with E-state index in [1.807, 2.05) is 32.9 Å². The van der Waals surface area contributed by atoms with Crippen molar-refractivity contribution in [1.29, 1.82) is 0 Å². The first-order chi connectivity index (χ1) is 8.91. The third kappa shape index (κ3) is 1.66. The van der Waals surface area contributed by atoms with Crippen LogP contribution in [0.3, 0.4) is 0 Å². The maximum atomic E-state index is 12.1. The number of Topliss-reactive ketones (excluding diaryl/α,β-unsaturated/α-hetero) is 1. The summed E-state index contributed by atoms with van der Waals surface area (Å²) in [5, 5.41) is 12.2. The molecule has 19 heavy (non-hydrogen) atoms. The molecule has 2 heteroatoms. The molecule has 0 atom stereocenters. The molecule has 2 aromatic carbocycles. The van der Waals surface area contributed by atoms with Gasteiger partial charge in [0.2, 0.25) is 0 Å². The maximum absolute atomic E-state index is 12.1. The molecule has 3 rings (SSSR count). The molecule has 0 fully saturated rings. The minimum atomic E-state index is -0.414. The highest BCUT2D eigenvalue weighted by Crippen LogP contribution is 2.39. The fourth-order valence-corrected chi connectivity index (χ4v) is 3.09. The number of phenols is 1. The van der Waals surface area contributed by atoms with Crippen LogP contribution in [-0.2, 0) is 16.6 Å². The zero-order valence-electron chi connectivity index (χ0n) is 11.6. The summed E-state index contributed by atoms with van der Waals surface area (Å²) in [6, 6.07) is 7.98. The molecule has 0 heterocycles. The monoisotopic (exact) mass is 254 g/mol. The summed E-state index contributed by atoms with van der Waals surface area (Å²) in [4.78, 5) is 12.1. The van der Waals surface area contributed by atoms with Gasteiger partial charge in [-0.05, 0) is 66.8 Å². The smallest absolute Gasteiger partial charge is 0.143 e. The number of aromatic hydroxyl groups is 1. The Morgan fingerprint density at radius 2 is 1.89 bits per heavy atom. The van der Waals surface area contributed by atoms with Gasteiger partial charge in [0.15, 0.2) is 0 Å². The number of carbonyl (C=O) groups excluding carboxylic acids is 1. The third-order valence-electron chi connectivity index (χ3n) is 4.42. The van der Waals surface area contributed by atoms with Gasteiger partial charge in [-0.15, -0.1) is 0 Å². The molecule has 2 aromatic rings. The van der Waals surface area contributed by atoms with E-state index < -0.39 is 5.41 Å². The van der Waals surface area contributed by atoms with Crippen LogP contribution in [0, 0.1) is 6.92 Å². The minimum Gasteiger partial charge on any atom is -0.508 e. The number of hydrogen-bond donors (Lipinski definition) is 1. The van der Waals surface area contributed by atoms with Crippen LogP contribution in [0.1, 0.15) is 37.0 Å². The fraction of sp³-hybridized carbons (Fsp3) is 0.353. The molecule has 0 aliphatic heterocycles. The highest BCUT2D eigenvalue weighted by molar-refractivity contribution is 5.97. The summed E-state index contributed by atoms with van der Waals surface area (Å²) in [5.74, 6) is 0.631. The van der Waals surface area contributed by atoms with Gasteiger partial charge in [-0.2, -0.15) is 0 Å². The van der Waals surface area contributed by atoms with E-state index >= 15 is 0 Å². The number of benzene rings is 2. The molecule has 0 spiro atoms. The van der Waals surface area contributed by atoms with Gasteiger partial charge >= 0.3 is 0 Å². The average Bonchev–Trinajstić information content (AvgIpc) is 2.35. The van der Waals surface area contributed by atoms with E-state index in [-0.39, 0.29) is 0 Å². The van der Waals surface area contributed by atoms with Crippen molar-refractivity contribution in [1.82, 2.24) is 0 Å². The van der Waals surface area contributed by atoms with Crippen LogP contribution in [0.5, 0.6) is 5.75 Å². The SMILES string of the molecule is Cc1cc2ccc3c(c2cc1O)CCC(=O)C3(C)C. The summed E-state index contributed by atoms with van der Waals surface area (Å²) in [6.45, 7) is 5.89. The summed E-state index contributed by atoms with van der Waals surface area (Å²) in [7, 11) is 0. The zero-order valence-corrected chi connectivity index (χ0v) is 11.6. The first-order valence-electron chi connectivity index (χ1n) is 6.70. The average molecular weight is 254 g/mol. The number of hydrogen-bond acceptors (Lipinski definition) is 2. The largest absolute Gasteiger partial charge is 0.508 e. The van der Waals surface area contributed by atoms with Crippen LogP contribution in [0.25, 0.3) is 10.8 Å². The Hall–Kier alpha value is -1.83. The molecule has 0 saturated heterocycles. The van der Waals surface area contributed by atoms with Crippen LogP contribution < -0.4 is 0 Å². The van der Waals surface area contributed by atoms with Crippen molar-refractivity contribution in [3.05, 3.63) is 41.0 Å². The van der Waals surface area contributed by atoms with E-state index in [0.717, 1.165) is 28.3 Å². The van der Waals surface area contributed by atoms with Gasteiger partial charge < -0.3 is 5.11 Å². The van der Waals surface area contributed by atoms with Crippen molar-refractivity contribution >= 4 is 16.6 Å². The molecular formula is C17H18O2. The Labute approximate surface area is 113 Å². The third-order valence-corrected chi connectivity index (χ3v) is 4.42. The molecule has 1 N–H and O–H groups in total. The summed E-state index contributed by atoms with van der Waals surface area (Å²) >= 11 is 0. The Morgan fingerprint density at radius 1 is 1.16 bits per heavy atom. The Kier molecular flexibility index (Phi) is 2.46. The molecule has 1 aliphatic rings. The van der Waals surface area contributed by atoms with Crippen LogP contribution in [0.2, 0.25) is 0 Å². The van der Waals surface area contributed by atoms with Crippen molar-refractivity contribution in [2.75, 3.05) is 0 Å². The number of phenolic OH excluding ortho intramolecular Hbond substituents is 1. The maximum Gasteiger partial charge on any atom is 0.143 e. The van der Waals surface area contributed by atoms with Crippen molar-refractivity contribution in [3.8, 4) is 5.75 Å². The Balaban J connectivity index is 2.36. The Bertz CT molecular complexity index is 696. The molecular weight excluding hydrogens is 236 g/mol. The standard InChI is InChI=1S/C17H18O2/c1-10-8-11-4-6-14-12(13(11)9-15(10)18)5-7-16(19)17(14,2)3/h4,6,8-9,18H,5,7H2,1-3H3. The topological polar surface area (TPSA) is 37.3 Å². The number of rotatable bonds is 0. The summed E-state index contributed by atoms with van der Waals surface area (Å²) < 4.78 is 0. The molecule has 0 saturated carbocycles. The van der Waals surface area contributed by atoms with Gasteiger partial charge in [-0.25, -0.2) is 0 Å². The van der Waals surface area contributed by atoms with Crippen LogP contribution in [0.15, 0.2) is 24.3 Å². The van der Waals surface area contributed by atoms with Crippen LogP contribution in [0.4, 0.5) is 0 Å². The quantitative estimate of drug-likeness (QED) is 0.779. The highest BCUT2D eigenvalue weighted by atomic mass is 16.3. The first-order valence-corrected chi connectivity index (χ1v) is 6.70. The molecule has 0 amide bonds. The van der Waals surface area contributed by atoms with Gasteiger partial charge in [-0.3, -0.25) is 4.79 Å². The van der Waals surface area contributed by atoms with Crippen molar-refractivity contribution < 1.29 is 9.90 Å². The van der Waals surface area contributed by atoms with E-state index in [0.29, 0.717) is 18.0 Å². The van der Waals surface area contributed by atoms with Crippen molar-refractivity contribution in [2.24, 2.45) is 0 Å². The number of carbonyl (C=O) groups is 1. The van der Waals surface area contributed by atoms with E-state index in [4.69, 9.17) is 0 Å². The first kappa shape index (κ1) is 12.2. The summed E-state index contributed by atoms with van der Waals surface area (Å²) in [6.07, 6.45) is 1.37.